The van der Waals surface area contributed by atoms with Gasteiger partial charge in [-0.25, -0.2) is 0 Å². The van der Waals surface area contributed by atoms with E-state index in [2.05, 4.69) is 10.6 Å². The predicted molar refractivity (Wildman–Crippen MR) is 102 cm³/mol. The van der Waals surface area contributed by atoms with Crippen LogP contribution in [0.5, 0.6) is 5.75 Å². The van der Waals surface area contributed by atoms with E-state index in [1.54, 1.807) is 23.1 Å². The summed E-state index contributed by atoms with van der Waals surface area (Å²) >= 11 is 0. The van der Waals surface area contributed by atoms with Crippen molar-refractivity contribution in [3.8, 4) is 5.75 Å². The van der Waals surface area contributed by atoms with Crippen LogP contribution in [0.2, 0.25) is 0 Å². The molecule has 0 saturated carbocycles. The first-order valence-electron chi connectivity index (χ1n) is 9.69. The maximum Gasteiger partial charge on any atom is 0.255 e. The highest BCUT2D eigenvalue weighted by Crippen LogP contribution is 2.23. The zero-order valence-electron chi connectivity index (χ0n) is 16.1. The highest BCUT2D eigenvalue weighted by molar-refractivity contribution is 5.99. The van der Waals surface area contributed by atoms with Crippen LogP contribution in [-0.2, 0) is 14.3 Å². The summed E-state index contributed by atoms with van der Waals surface area (Å²) in [5.41, 5.74) is 0.416. The lowest BCUT2D eigenvalue weighted by molar-refractivity contribution is -0.136. The number of nitrogens with one attached hydrogen (secondary N) is 2. The average molecular weight is 389 g/mol. The molecule has 1 aromatic rings. The van der Waals surface area contributed by atoms with Gasteiger partial charge in [-0.1, -0.05) is 12.1 Å². The predicted octanol–water partition coefficient (Wildman–Crippen LogP) is 0.711. The van der Waals surface area contributed by atoms with Crippen molar-refractivity contribution in [2.75, 3.05) is 33.4 Å². The number of benzene rings is 1. The second kappa shape index (κ2) is 9.54. The van der Waals surface area contributed by atoms with Crippen LogP contribution >= 0.6 is 0 Å². The number of amides is 3. The number of para-hydroxylation sites is 1. The van der Waals surface area contributed by atoms with Crippen LogP contribution in [0.4, 0.5) is 0 Å². The summed E-state index contributed by atoms with van der Waals surface area (Å²) in [7, 11) is 1.51. The van der Waals surface area contributed by atoms with Gasteiger partial charge in [0.05, 0.1) is 5.56 Å². The number of carbonyl (C=O) groups is 3. The second-order valence-corrected chi connectivity index (χ2v) is 7.09. The van der Waals surface area contributed by atoms with Crippen LogP contribution in [0.15, 0.2) is 24.3 Å². The number of hydrogen-bond acceptors (Lipinski definition) is 5. The summed E-state index contributed by atoms with van der Waals surface area (Å²) in [6, 6.07) is 6.54. The monoisotopic (exact) mass is 389 g/mol. The van der Waals surface area contributed by atoms with Gasteiger partial charge in [0.1, 0.15) is 24.5 Å². The Morgan fingerprint density at radius 2 is 1.96 bits per heavy atom. The fourth-order valence-corrected chi connectivity index (χ4v) is 3.52. The van der Waals surface area contributed by atoms with E-state index < -0.39 is 6.04 Å². The molecule has 8 heteroatoms. The highest BCUT2D eigenvalue weighted by atomic mass is 16.5. The lowest BCUT2D eigenvalue weighted by Gasteiger charge is -2.32. The van der Waals surface area contributed by atoms with Gasteiger partial charge >= 0.3 is 0 Å². The third-order valence-electron chi connectivity index (χ3n) is 5.08. The molecule has 28 heavy (non-hydrogen) atoms. The Balaban J connectivity index is 1.59. The first-order chi connectivity index (χ1) is 13.6. The fraction of sp³-hybridized carbons (Fsp3) is 0.550. The molecule has 2 saturated heterocycles. The number of methoxy groups -OCH3 is 1. The topological polar surface area (TPSA) is 97.0 Å². The van der Waals surface area contributed by atoms with Crippen LogP contribution in [0.25, 0.3) is 0 Å². The van der Waals surface area contributed by atoms with Crippen LogP contribution in [0.1, 0.15) is 36.0 Å². The van der Waals surface area contributed by atoms with Crippen LogP contribution < -0.4 is 15.4 Å². The van der Waals surface area contributed by atoms with Crippen molar-refractivity contribution in [3.63, 3.8) is 0 Å². The Morgan fingerprint density at radius 1 is 1.21 bits per heavy atom. The van der Waals surface area contributed by atoms with E-state index in [0.29, 0.717) is 50.2 Å². The van der Waals surface area contributed by atoms with E-state index in [1.165, 1.54) is 7.11 Å². The first kappa shape index (κ1) is 20.1. The summed E-state index contributed by atoms with van der Waals surface area (Å²) in [4.78, 5) is 38.3. The molecule has 0 radical (unpaired) electrons. The third-order valence-corrected chi connectivity index (χ3v) is 5.08. The quantitative estimate of drug-likeness (QED) is 0.747. The molecule has 0 spiro atoms. The summed E-state index contributed by atoms with van der Waals surface area (Å²) < 4.78 is 11.0. The number of ether oxygens (including phenoxy) is 2. The van der Waals surface area contributed by atoms with Crippen molar-refractivity contribution in [1.29, 1.82) is 0 Å². The van der Waals surface area contributed by atoms with Gasteiger partial charge < -0.3 is 25.0 Å². The Hall–Kier alpha value is -2.61. The van der Waals surface area contributed by atoms with Gasteiger partial charge in [0, 0.05) is 39.6 Å². The number of rotatable bonds is 6. The molecular formula is C20H27N3O5. The van der Waals surface area contributed by atoms with Gasteiger partial charge in [0.15, 0.2) is 0 Å². The van der Waals surface area contributed by atoms with Crippen molar-refractivity contribution >= 4 is 17.7 Å². The van der Waals surface area contributed by atoms with E-state index in [-0.39, 0.29) is 30.4 Å². The van der Waals surface area contributed by atoms with Gasteiger partial charge in [0.2, 0.25) is 11.8 Å². The number of likely N-dealkylation sites (tertiary alicyclic amines) is 1. The largest absolute Gasteiger partial charge is 0.489 e. The standard InChI is InChI=1S/C20H27N3O5/c1-27-13-18(24)23-11-8-14(9-12-23)28-17-7-3-2-5-15(17)19(25)22-16-6-4-10-21-20(16)26/h2-3,5,7,14,16H,4,6,8-13H2,1H3,(H,21,26)(H,22,25)/t16-/m0/s1. The first-order valence-corrected chi connectivity index (χ1v) is 9.69. The molecule has 1 atom stereocenters. The minimum absolute atomic E-state index is 0.0218. The Kier molecular flexibility index (Phi) is 6.86. The Bertz CT molecular complexity index is 716. The lowest BCUT2D eigenvalue weighted by Crippen LogP contribution is -2.50. The molecule has 2 N–H and O–H groups in total. The third kappa shape index (κ3) is 5.01. The fourth-order valence-electron chi connectivity index (χ4n) is 3.52. The molecule has 3 amide bonds. The maximum atomic E-state index is 12.7. The number of piperidine rings is 2. The van der Waals surface area contributed by atoms with E-state index in [4.69, 9.17) is 9.47 Å². The van der Waals surface area contributed by atoms with Crippen molar-refractivity contribution in [2.24, 2.45) is 0 Å². The minimum atomic E-state index is -0.510. The van der Waals surface area contributed by atoms with Crippen molar-refractivity contribution in [1.82, 2.24) is 15.5 Å². The molecule has 2 aliphatic rings. The minimum Gasteiger partial charge on any atom is -0.489 e. The molecule has 0 bridgehead atoms. The van der Waals surface area contributed by atoms with E-state index in [0.717, 1.165) is 6.42 Å². The van der Waals surface area contributed by atoms with Crippen molar-refractivity contribution in [3.05, 3.63) is 29.8 Å². The molecule has 0 unspecified atom stereocenters. The number of carbonyl (C=O) groups excluding carboxylic acids is 3. The van der Waals surface area contributed by atoms with E-state index in [1.807, 2.05) is 6.07 Å². The average Bonchev–Trinajstić information content (AvgIpc) is 2.71. The van der Waals surface area contributed by atoms with E-state index in [9.17, 15) is 14.4 Å². The van der Waals surface area contributed by atoms with Crippen LogP contribution in [-0.4, -0.2) is 68.1 Å². The highest BCUT2D eigenvalue weighted by Gasteiger charge is 2.27. The van der Waals surface area contributed by atoms with Gasteiger partial charge in [-0.3, -0.25) is 14.4 Å². The van der Waals surface area contributed by atoms with E-state index >= 15 is 0 Å². The van der Waals surface area contributed by atoms with Gasteiger partial charge in [0.25, 0.3) is 5.91 Å². The van der Waals surface area contributed by atoms with Gasteiger partial charge in [-0.2, -0.15) is 0 Å². The summed E-state index contributed by atoms with van der Waals surface area (Å²) in [5, 5.41) is 5.57. The number of nitrogens with zero attached hydrogens (tertiary/aromatic N) is 1. The molecule has 2 aliphatic heterocycles. The van der Waals surface area contributed by atoms with Gasteiger partial charge in [-0.05, 0) is 25.0 Å². The molecule has 3 rings (SSSR count). The van der Waals surface area contributed by atoms with Crippen molar-refractivity contribution < 1.29 is 23.9 Å². The number of hydrogen-bond donors (Lipinski definition) is 2. The summed E-state index contributed by atoms with van der Waals surface area (Å²) in [5.74, 6) is 0.0147. The Labute approximate surface area is 164 Å². The molecule has 0 aliphatic carbocycles. The summed E-state index contributed by atoms with van der Waals surface area (Å²) in [6.07, 6.45) is 2.79. The molecule has 0 aromatic heterocycles. The normalized spacial score (nSPS) is 20.4. The second-order valence-electron chi connectivity index (χ2n) is 7.09. The molecule has 152 valence electrons. The molecular weight excluding hydrogens is 362 g/mol. The molecule has 8 nitrogen and oxygen atoms in total. The van der Waals surface area contributed by atoms with Crippen molar-refractivity contribution in [2.45, 2.75) is 37.8 Å². The van der Waals surface area contributed by atoms with Crippen LogP contribution in [0, 0.1) is 0 Å². The van der Waals surface area contributed by atoms with Crippen LogP contribution in [0.3, 0.4) is 0 Å². The zero-order valence-corrected chi connectivity index (χ0v) is 16.1. The van der Waals surface area contributed by atoms with Gasteiger partial charge in [-0.15, -0.1) is 0 Å². The summed E-state index contributed by atoms with van der Waals surface area (Å²) in [6.45, 7) is 1.94. The molecule has 2 heterocycles. The Morgan fingerprint density at radius 3 is 2.68 bits per heavy atom. The smallest absolute Gasteiger partial charge is 0.255 e. The molecule has 1 aromatic carbocycles. The molecule has 2 fully saturated rings. The SMILES string of the molecule is COCC(=O)N1CCC(Oc2ccccc2C(=O)N[C@H]2CCCNC2=O)CC1. The zero-order chi connectivity index (χ0) is 19.9. The maximum absolute atomic E-state index is 12.7. The lowest BCUT2D eigenvalue weighted by atomic mass is 10.1.